The van der Waals surface area contributed by atoms with Crippen molar-refractivity contribution in [2.75, 3.05) is 19.8 Å². The lowest BCUT2D eigenvalue weighted by molar-refractivity contribution is -0.171. The number of ether oxygens (including phenoxy) is 2. The fourth-order valence-electron chi connectivity index (χ4n) is 1.94. The Morgan fingerprint density at radius 1 is 1.06 bits per heavy atom. The van der Waals surface area contributed by atoms with Crippen molar-refractivity contribution in [2.45, 2.75) is 58.4 Å². The summed E-state index contributed by atoms with van der Waals surface area (Å²) < 4.78 is 11.9. The molecular formula is C12H29NO2Si. The van der Waals surface area contributed by atoms with Gasteiger partial charge < -0.3 is 9.47 Å². The van der Waals surface area contributed by atoms with Gasteiger partial charge in [-0.05, 0) is 40.2 Å². The molecule has 1 N–H and O–H groups in total. The summed E-state index contributed by atoms with van der Waals surface area (Å²) in [5.41, 5.74) is -0.223. The normalized spacial score (nSPS) is 19.3. The van der Waals surface area contributed by atoms with Crippen molar-refractivity contribution < 1.29 is 9.47 Å². The van der Waals surface area contributed by atoms with E-state index in [2.05, 4.69) is 26.1 Å². The van der Waals surface area contributed by atoms with Crippen molar-refractivity contribution in [3.8, 4) is 0 Å². The third-order valence-electron chi connectivity index (χ3n) is 3.29. The predicted octanol–water partition coefficient (Wildman–Crippen LogP) is 1.25. The predicted molar refractivity (Wildman–Crippen MR) is 72.9 cm³/mol. The van der Waals surface area contributed by atoms with Gasteiger partial charge in [0.05, 0.1) is 10.2 Å². The fourth-order valence-corrected chi connectivity index (χ4v) is 2.98. The molecule has 16 heavy (non-hydrogen) atoms. The SMILES string of the molecule is CCCNC([SiH3])(OCC)C(C)(CC)OCC. The van der Waals surface area contributed by atoms with Crippen LogP contribution in [0.5, 0.6) is 0 Å². The number of hydrogen-bond acceptors (Lipinski definition) is 3. The molecule has 0 radical (unpaired) electrons. The van der Waals surface area contributed by atoms with E-state index in [1.54, 1.807) is 0 Å². The first kappa shape index (κ1) is 16.1. The summed E-state index contributed by atoms with van der Waals surface area (Å²) in [4.78, 5) is 0. The van der Waals surface area contributed by atoms with E-state index in [9.17, 15) is 0 Å². The van der Waals surface area contributed by atoms with Crippen LogP contribution in [0.15, 0.2) is 0 Å². The van der Waals surface area contributed by atoms with Crippen LogP contribution in [0.2, 0.25) is 0 Å². The minimum absolute atomic E-state index is 0.223. The molecule has 0 aliphatic carbocycles. The van der Waals surface area contributed by atoms with Gasteiger partial charge in [-0.3, -0.25) is 5.32 Å². The highest BCUT2D eigenvalue weighted by atomic mass is 28.1. The van der Waals surface area contributed by atoms with Crippen molar-refractivity contribution in [1.29, 1.82) is 0 Å². The second-order valence-corrected chi connectivity index (χ2v) is 5.82. The summed E-state index contributed by atoms with van der Waals surface area (Å²) in [6.07, 6.45) is 2.07. The Bertz CT molecular complexity index is 192. The Labute approximate surface area is 104 Å². The maximum atomic E-state index is 5.97. The Kier molecular flexibility index (Phi) is 7.47. The summed E-state index contributed by atoms with van der Waals surface area (Å²) >= 11 is 0. The molecule has 0 fully saturated rings. The molecule has 0 rings (SSSR count). The lowest BCUT2D eigenvalue weighted by atomic mass is 9.99. The highest BCUT2D eigenvalue weighted by Crippen LogP contribution is 2.28. The molecule has 0 amide bonds. The van der Waals surface area contributed by atoms with Crippen LogP contribution in [0.4, 0.5) is 0 Å². The first-order valence-electron chi connectivity index (χ1n) is 6.52. The second kappa shape index (κ2) is 7.43. The van der Waals surface area contributed by atoms with Gasteiger partial charge in [-0.25, -0.2) is 0 Å². The molecule has 0 aromatic heterocycles. The molecule has 2 atom stereocenters. The van der Waals surface area contributed by atoms with Crippen LogP contribution in [-0.2, 0) is 9.47 Å². The molecule has 4 heteroatoms. The molecule has 0 spiro atoms. The van der Waals surface area contributed by atoms with Crippen molar-refractivity contribution in [3.05, 3.63) is 0 Å². The zero-order chi connectivity index (χ0) is 12.7. The van der Waals surface area contributed by atoms with Gasteiger partial charge in [0.2, 0.25) is 0 Å². The lowest BCUT2D eigenvalue weighted by Gasteiger charge is -2.46. The van der Waals surface area contributed by atoms with E-state index in [1.165, 1.54) is 0 Å². The van der Waals surface area contributed by atoms with Gasteiger partial charge in [-0.1, -0.05) is 13.8 Å². The van der Waals surface area contributed by atoms with E-state index in [0.717, 1.165) is 42.8 Å². The minimum Gasteiger partial charge on any atom is -0.372 e. The summed E-state index contributed by atoms with van der Waals surface area (Å²) in [7, 11) is 0.916. The highest BCUT2D eigenvalue weighted by molar-refractivity contribution is 6.15. The number of rotatable bonds is 9. The van der Waals surface area contributed by atoms with Crippen molar-refractivity contribution >= 4 is 10.2 Å². The van der Waals surface area contributed by atoms with E-state index >= 15 is 0 Å². The molecule has 2 unspecified atom stereocenters. The molecule has 0 heterocycles. The van der Waals surface area contributed by atoms with E-state index in [1.807, 2.05) is 13.8 Å². The molecular weight excluding hydrogens is 218 g/mol. The van der Waals surface area contributed by atoms with Crippen LogP contribution in [0, 0.1) is 0 Å². The van der Waals surface area contributed by atoms with Crippen molar-refractivity contribution in [3.63, 3.8) is 0 Å². The van der Waals surface area contributed by atoms with E-state index in [-0.39, 0.29) is 10.9 Å². The maximum absolute atomic E-state index is 5.97. The molecule has 0 aliphatic rings. The van der Waals surface area contributed by atoms with Gasteiger partial charge >= 0.3 is 0 Å². The Hall–Kier alpha value is 0.0969. The smallest absolute Gasteiger partial charge is 0.123 e. The van der Waals surface area contributed by atoms with Crippen molar-refractivity contribution in [1.82, 2.24) is 5.32 Å². The third kappa shape index (κ3) is 3.84. The minimum atomic E-state index is -0.275. The highest BCUT2D eigenvalue weighted by Gasteiger charge is 2.44. The zero-order valence-corrected chi connectivity index (χ0v) is 13.9. The third-order valence-corrected chi connectivity index (χ3v) is 4.99. The van der Waals surface area contributed by atoms with Crippen LogP contribution in [0.25, 0.3) is 0 Å². The summed E-state index contributed by atoms with van der Waals surface area (Å²) in [6.45, 7) is 13.0. The Morgan fingerprint density at radius 3 is 2.00 bits per heavy atom. The zero-order valence-electron chi connectivity index (χ0n) is 11.9. The van der Waals surface area contributed by atoms with Gasteiger partial charge in [0.25, 0.3) is 0 Å². The molecule has 0 aromatic rings. The summed E-state index contributed by atoms with van der Waals surface area (Å²) in [5.74, 6) is 0. The molecule has 0 aliphatic heterocycles. The molecule has 0 bridgehead atoms. The second-order valence-electron chi connectivity index (χ2n) is 4.41. The first-order valence-corrected chi connectivity index (χ1v) is 7.52. The summed E-state index contributed by atoms with van der Waals surface area (Å²) in [6, 6.07) is 0. The van der Waals surface area contributed by atoms with Crippen LogP contribution >= 0.6 is 0 Å². The summed E-state index contributed by atoms with van der Waals surface area (Å²) in [5, 5.41) is 3.26. The average Bonchev–Trinajstić information content (AvgIpc) is 2.26. The quantitative estimate of drug-likeness (QED) is 0.491. The van der Waals surface area contributed by atoms with E-state index < -0.39 is 0 Å². The monoisotopic (exact) mass is 247 g/mol. The number of hydrogen-bond donors (Lipinski definition) is 1. The van der Waals surface area contributed by atoms with Crippen LogP contribution in [-0.4, -0.2) is 41.0 Å². The van der Waals surface area contributed by atoms with Crippen LogP contribution in [0.3, 0.4) is 0 Å². The maximum Gasteiger partial charge on any atom is 0.123 e. The standard InChI is InChI=1S/C12H29NO2Si/c1-6-10-13-12(16,15-9-4)11(5,7-2)14-8-3/h13H,6-10H2,1-5,16H3. The fraction of sp³-hybridized carbons (Fsp3) is 1.00. The largest absolute Gasteiger partial charge is 0.372 e. The molecule has 0 saturated carbocycles. The molecule has 98 valence electrons. The van der Waals surface area contributed by atoms with E-state index in [4.69, 9.17) is 9.47 Å². The van der Waals surface area contributed by atoms with Gasteiger partial charge in [0, 0.05) is 13.2 Å². The van der Waals surface area contributed by atoms with Gasteiger partial charge in [0.15, 0.2) is 0 Å². The van der Waals surface area contributed by atoms with Gasteiger partial charge in [0.1, 0.15) is 10.9 Å². The average molecular weight is 247 g/mol. The lowest BCUT2D eigenvalue weighted by Crippen LogP contribution is -2.65. The Morgan fingerprint density at radius 2 is 1.62 bits per heavy atom. The van der Waals surface area contributed by atoms with Crippen LogP contribution in [0.1, 0.15) is 47.5 Å². The first-order chi connectivity index (χ1) is 7.49. The molecule has 3 nitrogen and oxygen atoms in total. The number of nitrogens with one attached hydrogen (secondary N) is 1. The van der Waals surface area contributed by atoms with E-state index in [0.29, 0.717) is 0 Å². The Balaban J connectivity index is 4.80. The molecule has 0 saturated heterocycles. The van der Waals surface area contributed by atoms with Gasteiger partial charge in [-0.2, -0.15) is 0 Å². The van der Waals surface area contributed by atoms with Crippen molar-refractivity contribution in [2.24, 2.45) is 0 Å². The van der Waals surface area contributed by atoms with Crippen LogP contribution < -0.4 is 5.32 Å². The van der Waals surface area contributed by atoms with Gasteiger partial charge in [-0.15, -0.1) is 0 Å². The molecule has 0 aromatic carbocycles. The topological polar surface area (TPSA) is 30.5 Å².